The summed E-state index contributed by atoms with van der Waals surface area (Å²) in [6.45, 7) is 3.30. The molecule has 1 aliphatic rings. The number of rotatable bonds is 4. The lowest BCUT2D eigenvalue weighted by Crippen LogP contribution is -2.42. The van der Waals surface area contributed by atoms with Crippen LogP contribution in [0.15, 0.2) is 29.2 Å². The zero-order valence-electron chi connectivity index (χ0n) is 11.1. The highest BCUT2D eigenvalue weighted by Crippen LogP contribution is 2.37. The van der Waals surface area contributed by atoms with E-state index >= 15 is 0 Å². The third-order valence-corrected chi connectivity index (χ3v) is 4.57. The lowest BCUT2D eigenvalue weighted by Gasteiger charge is -2.29. The van der Waals surface area contributed by atoms with Gasteiger partial charge in [0.15, 0.2) is 0 Å². The van der Waals surface area contributed by atoms with Crippen LogP contribution in [0.4, 0.5) is 13.2 Å². The van der Waals surface area contributed by atoms with Gasteiger partial charge in [0.05, 0.1) is 6.54 Å². The van der Waals surface area contributed by atoms with E-state index in [9.17, 15) is 13.2 Å². The van der Waals surface area contributed by atoms with Crippen molar-refractivity contribution in [3.05, 3.63) is 29.8 Å². The Labute approximate surface area is 116 Å². The van der Waals surface area contributed by atoms with Crippen molar-refractivity contribution >= 4 is 11.8 Å². The lowest BCUT2D eigenvalue weighted by molar-refractivity contribution is -0.149. The highest BCUT2D eigenvalue weighted by atomic mass is 32.2. The first kappa shape index (κ1) is 14.7. The van der Waals surface area contributed by atoms with Crippen molar-refractivity contribution < 1.29 is 13.2 Å². The van der Waals surface area contributed by atoms with Crippen LogP contribution in [0.3, 0.4) is 0 Å². The summed E-state index contributed by atoms with van der Waals surface area (Å²) in [4.78, 5) is 2.73. The monoisotopic (exact) mass is 289 g/mol. The van der Waals surface area contributed by atoms with Gasteiger partial charge in [0, 0.05) is 22.7 Å². The van der Waals surface area contributed by atoms with Crippen LogP contribution in [0.2, 0.25) is 0 Å². The highest BCUT2D eigenvalue weighted by Gasteiger charge is 2.34. The maximum Gasteiger partial charge on any atom is 0.401 e. The van der Waals surface area contributed by atoms with Crippen molar-refractivity contribution in [2.75, 3.05) is 13.1 Å². The van der Waals surface area contributed by atoms with Crippen LogP contribution >= 0.6 is 11.8 Å². The molecule has 0 amide bonds. The summed E-state index contributed by atoms with van der Waals surface area (Å²) in [5, 5.41) is 0.224. The molecule has 5 heteroatoms. The van der Waals surface area contributed by atoms with E-state index in [0.717, 1.165) is 6.42 Å². The largest absolute Gasteiger partial charge is 0.401 e. The molecule has 0 radical (unpaired) electrons. The summed E-state index contributed by atoms with van der Waals surface area (Å²) in [6, 6.07) is 7.97. The molecule has 1 atom stereocenters. The zero-order chi connectivity index (χ0) is 14.0. The van der Waals surface area contributed by atoms with Crippen molar-refractivity contribution in [2.24, 2.45) is 0 Å². The number of nitrogens with zero attached hydrogens (tertiary/aromatic N) is 1. The van der Waals surface area contributed by atoms with Crippen molar-refractivity contribution in [3.8, 4) is 0 Å². The van der Waals surface area contributed by atoms with Gasteiger partial charge in [0.25, 0.3) is 0 Å². The zero-order valence-corrected chi connectivity index (χ0v) is 11.9. The summed E-state index contributed by atoms with van der Waals surface area (Å²) in [5.74, 6) is 0. The molecule has 0 bridgehead atoms. The normalized spacial score (nSPS) is 19.2. The Bertz CT molecular complexity index is 406. The minimum absolute atomic E-state index is 0.0917. The van der Waals surface area contributed by atoms with E-state index in [0.29, 0.717) is 6.54 Å². The van der Waals surface area contributed by atoms with Crippen LogP contribution in [0, 0.1) is 0 Å². The van der Waals surface area contributed by atoms with E-state index in [1.165, 1.54) is 15.4 Å². The van der Waals surface area contributed by atoms with Gasteiger partial charge in [0.2, 0.25) is 0 Å². The number of thioether (sulfide) groups is 1. The fourth-order valence-corrected chi connectivity index (χ4v) is 3.65. The molecule has 0 fully saturated rings. The highest BCUT2D eigenvalue weighted by molar-refractivity contribution is 8.00. The predicted molar refractivity (Wildman–Crippen MR) is 72.6 cm³/mol. The van der Waals surface area contributed by atoms with Gasteiger partial charge in [-0.25, -0.2) is 0 Å². The standard InChI is InChI=1S/C14H18F3NS/c1-10(2)18(9-14(15,16)17)8-12-7-11-5-3-4-6-13(11)19-12/h3-6,10,12H,7-9H2,1-2H3. The van der Waals surface area contributed by atoms with Crippen LogP contribution in [0.1, 0.15) is 19.4 Å². The second-order valence-electron chi connectivity index (χ2n) is 5.19. The molecule has 0 aliphatic carbocycles. The number of alkyl halides is 3. The first-order valence-electron chi connectivity index (χ1n) is 6.40. The maximum atomic E-state index is 12.6. The minimum Gasteiger partial charge on any atom is -0.291 e. The van der Waals surface area contributed by atoms with E-state index in [1.807, 2.05) is 32.0 Å². The summed E-state index contributed by atoms with van der Waals surface area (Å²) in [5.41, 5.74) is 1.26. The van der Waals surface area contributed by atoms with E-state index in [4.69, 9.17) is 0 Å². The molecular formula is C14H18F3NS. The fraction of sp³-hybridized carbons (Fsp3) is 0.571. The van der Waals surface area contributed by atoms with Gasteiger partial charge in [-0.15, -0.1) is 11.8 Å². The SMILES string of the molecule is CC(C)N(CC1Cc2ccccc2S1)CC(F)(F)F. The molecule has 1 heterocycles. The Kier molecular flexibility index (Phi) is 4.46. The van der Waals surface area contributed by atoms with E-state index in [1.54, 1.807) is 11.8 Å². The van der Waals surface area contributed by atoms with Gasteiger partial charge in [-0.3, -0.25) is 4.90 Å². The van der Waals surface area contributed by atoms with Crippen molar-refractivity contribution in [2.45, 2.75) is 42.6 Å². The number of hydrogen-bond acceptors (Lipinski definition) is 2. The molecule has 0 spiro atoms. The average Bonchev–Trinajstić information content (AvgIpc) is 2.68. The number of fused-ring (bicyclic) bond motifs is 1. The Morgan fingerprint density at radius 3 is 2.58 bits per heavy atom. The molecule has 106 valence electrons. The van der Waals surface area contributed by atoms with Gasteiger partial charge in [-0.1, -0.05) is 18.2 Å². The Hall–Kier alpha value is -0.680. The number of benzene rings is 1. The summed E-state index contributed by atoms with van der Waals surface area (Å²) in [7, 11) is 0. The van der Waals surface area contributed by atoms with Crippen molar-refractivity contribution in [1.29, 1.82) is 0 Å². The van der Waals surface area contributed by atoms with Gasteiger partial charge in [0.1, 0.15) is 0 Å². The van der Waals surface area contributed by atoms with Gasteiger partial charge < -0.3 is 0 Å². The van der Waals surface area contributed by atoms with Gasteiger partial charge in [-0.05, 0) is 31.9 Å². The first-order valence-corrected chi connectivity index (χ1v) is 7.28. The first-order chi connectivity index (χ1) is 8.85. The fourth-order valence-electron chi connectivity index (χ4n) is 2.31. The molecule has 1 aromatic carbocycles. The third-order valence-electron chi connectivity index (χ3n) is 3.26. The summed E-state index contributed by atoms with van der Waals surface area (Å²) in [6.07, 6.45) is -3.26. The topological polar surface area (TPSA) is 3.24 Å². The van der Waals surface area contributed by atoms with Crippen LogP contribution in [-0.2, 0) is 6.42 Å². The van der Waals surface area contributed by atoms with Crippen molar-refractivity contribution in [1.82, 2.24) is 4.90 Å². The molecule has 2 rings (SSSR count). The van der Waals surface area contributed by atoms with Gasteiger partial charge >= 0.3 is 6.18 Å². The molecule has 0 saturated carbocycles. The van der Waals surface area contributed by atoms with E-state index in [2.05, 4.69) is 6.07 Å². The minimum atomic E-state index is -4.12. The Morgan fingerprint density at radius 1 is 1.32 bits per heavy atom. The van der Waals surface area contributed by atoms with Crippen LogP contribution < -0.4 is 0 Å². The number of hydrogen-bond donors (Lipinski definition) is 0. The number of halogens is 3. The quantitative estimate of drug-likeness (QED) is 0.825. The molecule has 1 aromatic rings. The Morgan fingerprint density at radius 2 is 2.00 bits per heavy atom. The molecule has 1 aliphatic heterocycles. The average molecular weight is 289 g/mol. The molecule has 0 aromatic heterocycles. The molecule has 1 nitrogen and oxygen atoms in total. The molecule has 1 unspecified atom stereocenters. The maximum absolute atomic E-state index is 12.6. The predicted octanol–water partition coefficient (Wildman–Crippen LogP) is 3.98. The smallest absolute Gasteiger partial charge is 0.291 e. The summed E-state index contributed by atoms with van der Waals surface area (Å²) < 4.78 is 37.7. The molecule has 0 saturated heterocycles. The van der Waals surface area contributed by atoms with Gasteiger partial charge in [-0.2, -0.15) is 13.2 Å². The van der Waals surface area contributed by atoms with E-state index < -0.39 is 12.7 Å². The second-order valence-corrected chi connectivity index (χ2v) is 6.53. The van der Waals surface area contributed by atoms with Crippen LogP contribution in [0.5, 0.6) is 0 Å². The second kappa shape index (κ2) is 5.75. The lowest BCUT2D eigenvalue weighted by atomic mass is 10.1. The molecular weight excluding hydrogens is 271 g/mol. The molecule has 0 N–H and O–H groups in total. The summed E-state index contributed by atoms with van der Waals surface area (Å²) >= 11 is 1.70. The van der Waals surface area contributed by atoms with Crippen LogP contribution in [0.25, 0.3) is 0 Å². The van der Waals surface area contributed by atoms with E-state index in [-0.39, 0.29) is 11.3 Å². The third kappa shape index (κ3) is 4.14. The van der Waals surface area contributed by atoms with Crippen molar-refractivity contribution in [3.63, 3.8) is 0 Å². The molecule has 19 heavy (non-hydrogen) atoms. The Balaban J connectivity index is 1.97. The van der Waals surface area contributed by atoms with Crippen LogP contribution in [-0.4, -0.2) is 35.5 Å².